The highest BCUT2D eigenvalue weighted by molar-refractivity contribution is 5.71. The van der Waals surface area contributed by atoms with Gasteiger partial charge < -0.3 is 15.2 Å². The Kier molecular flexibility index (Phi) is 6.58. The number of aliphatic carboxylic acids is 1. The minimum atomic E-state index is -1.05. The molecule has 0 unspecified atom stereocenters. The van der Waals surface area contributed by atoms with Crippen LogP contribution in [0, 0.1) is 17.7 Å². The number of hydrogen-bond acceptors (Lipinski definition) is 3. The highest BCUT2D eigenvalue weighted by Crippen LogP contribution is 2.11. The summed E-state index contributed by atoms with van der Waals surface area (Å²) in [7, 11) is 0. The van der Waals surface area contributed by atoms with Gasteiger partial charge in [0.2, 0.25) is 0 Å². The van der Waals surface area contributed by atoms with E-state index in [1.165, 1.54) is 12.1 Å². The zero-order chi connectivity index (χ0) is 17.5. The fourth-order valence-electron chi connectivity index (χ4n) is 1.69. The topological polar surface area (TPSA) is 75.6 Å². The second-order valence-corrected chi connectivity index (χ2v) is 5.85. The number of amides is 1. The van der Waals surface area contributed by atoms with Gasteiger partial charge in [-0.1, -0.05) is 11.8 Å². The highest BCUT2D eigenvalue weighted by atomic mass is 19.1. The monoisotopic (exact) mass is 321 g/mol. The second kappa shape index (κ2) is 8.18. The molecule has 0 saturated heterocycles. The number of nitrogens with one attached hydrogen (secondary N) is 1. The van der Waals surface area contributed by atoms with E-state index in [1.54, 1.807) is 20.8 Å². The molecule has 0 radical (unpaired) electrons. The summed E-state index contributed by atoms with van der Waals surface area (Å²) in [5.41, 5.74) is 0.228. The maximum Gasteiger partial charge on any atom is 0.407 e. The number of alkyl carbamates (subject to hydrolysis) is 1. The normalized spacial score (nSPS) is 10.4. The number of carbonyl (C=O) groups excluding carboxylic acids is 1. The molecule has 1 aromatic rings. The number of carbonyl (C=O) groups is 2. The third kappa shape index (κ3) is 7.86. The van der Waals surface area contributed by atoms with Crippen LogP contribution in [0.15, 0.2) is 18.2 Å². The van der Waals surface area contributed by atoms with Crippen LogP contribution < -0.4 is 5.32 Å². The standard InChI is InChI=1S/C17H20FNO4/c1-17(2,3)23-16(22)19-9-5-4-6-12-7-8-14(18)10-13(12)11-15(20)21/h7-8,10H,5,9,11H2,1-3H3,(H,19,22)(H,20,21). The van der Waals surface area contributed by atoms with E-state index in [0.29, 0.717) is 24.1 Å². The Morgan fingerprint density at radius 3 is 2.65 bits per heavy atom. The van der Waals surface area contributed by atoms with Crippen molar-refractivity contribution in [3.05, 3.63) is 35.1 Å². The number of carboxylic acids is 1. The molecule has 1 rings (SSSR count). The van der Waals surface area contributed by atoms with Crippen molar-refractivity contribution < 1.29 is 23.8 Å². The van der Waals surface area contributed by atoms with Crippen LogP contribution >= 0.6 is 0 Å². The van der Waals surface area contributed by atoms with Gasteiger partial charge in [0.05, 0.1) is 6.42 Å². The van der Waals surface area contributed by atoms with E-state index < -0.39 is 23.5 Å². The van der Waals surface area contributed by atoms with Crippen molar-refractivity contribution in [1.29, 1.82) is 0 Å². The molecule has 124 valence electrons. The van der Waals surface area contributed by atoms with Crippen LogP contribution in [0.4, 0.5) is 9.18 Å². The molecule has 0 heterocycles. The van der Waals surface area contributed by atoms with Crippen LogP contribution in [0.25, 0.3) is 0 Å². The Morgan fingerprint density at radius 1 is 1.35 bits per heavy atom. The van der Waals surface area contributed by atoms with Crippen LogP contribution in [0.2, 0.25) is 0 Å². The van der Waals surface area contributed by atoms with Crippen molar-refractivity contribution in [2.24, 2.45) is 0 Å². The number of carboxylic acid groups (broad SMARTS) is 1. The lowest BCUT2D eigenvalue weighted by molar-refractivity contribution is -0.136. The lowest BCUT2D eigenvalue weighted by atomic mass is 10.0. The maximum absolute atomic E-state index is 13.2. The number of halogens is 1. The van der Waals surface area contributed by atoms with Gasteiger partial charge in [-0.25, -0.2) is 9.18 Å². The molecular formula is C17H20FNO4. The molecule has 0 aliphatic carbocycles. The summed E-state index contributed by atoms with van der Waals surface area (Å²) < 4.78 is 18.2. The van der Waals surface area contributed by atoms with Crippen molar-refractivity contribution in [3.8, 4) is 11.8 Å². The Labute approximate surface area is 134 Å². The van der Waals surface area contributed by atoms with Gasteiger partial charge in [0.1, 0.15) is 11.4 Å². The van der Waals surface area contributed by atoms with E-state index in [9.17, 15) is 14.0 Å². The fraction of sp³-hybridized carbons (Fsp3) is 0.412. The van der Waals surface area contributed by atoms with E-state index in [1.807, 2.05) is 0 Å². The van der Waals surface area contributed by atoms with Gasteiger partial charge >= 0.3 is 12.1 Å². The third-order valence-corrected chi connectivity index (χ3v) is 2.55. The van der Waals surface area contributed by atoms with E-state index >= 15 is 0 Å². The average molecular weight is 321 g/mol. The Bertz CT molecular complexity index is 638. The molecule has 5 nitrogen and oxygen atoms in total. The van der Waals surface area contributed by atoms with Crippen molar-refractivity contribution in [3.63, 3.8) is 0 Å². The number of benzene rings is 1. The van der Waals surface area contributed by atoms with Crippen LogP contribution in [-0.4, -0.2) is 29.3 Å². The maximum atomic E-state index is 13.2. The van der Waals surface area contributed by atoms with Crippen LogP contribution in [0.3, 0.4) is 0 Å². The van der Waals surface area contributed by atoms with Crippen molar-refractivity contribution in [2.45, 2.75) is 39.2 Å². The molecule has 0 aliphatic heterocycles. The number of rotatable bonds is 4. The molecule has 0 spiro atoms. The molecule has 0 saturated carbocycles. The molecule has 6 heteroatoms. The first-order valence-corrected chi connectivity index (χ1v) is 7.13. The van der Waals surface area contributed by atoms with Gasteiger partial charge in [-0.15, -0.1) is 0 Å². The first-order valence-electron chi connectivity index (χ1n) is 7.13. The summed E-state index contributed by atoms with van der Waals surface area (Å²) in [6.45, 7) is 5.61. The van der Waals surface area contributed by atoms with Crippen LogP contribution in [0.1, 0.15) is 38.3 Å². The predicted octanol–water partition coefficient (Wildman–Crippen LogP) is 2.72. The quantitative estimate of drug-likeness (QED) is 0.660. The zero-order valence-corrected chi connectivity index (χ0v) is 13.4. The summed E-state index contributed by atoms with van der Waals surface area (Å²) in [4.78, 5) is 22.2. The van der Waals surface area contributed by atoms with Gasteiger partial charge in [-0.2, -0.15) is 0 Å². The Hall–Kier alpha value is -2.55. The average Bonchev–Trinajstić information content (AvgIpc) is 2.37. The predicted molar refractivity (Wildman–Crippen MR) is 83.5 cm³/mol. The largest absolute Gasteiger partial charge is 0.481 e. The fourth-order valence-corrected chi connectivity index (χ4v) is 1.69. The number of hydrogen-bond donors (Lipinski definition) is 2. The van der Waals surface area contributed by atoms with Gasteiger partial charge in [0.25, 0.3) is 0 Å². The van der Waals surface area contributed by atoms with Gasteiger partial charge in [-0.3, -0.25) is 4.79 Å². The second-order valence-electron chi connectivity index (χ2n) is 5.85. The first kappa shape index (κ1) is 18.5. The smallest absolute Gasteiger partial charge is 0.407 e. The van der Waals surface area contributed by atoms with E-state index in [4.69, 9.17) is 9.84 Å². The molecular weight excluding hydrogens is 301 g/mol. The summed E-state index contributed by atoms with van der Waals surface area (Å²) >= 11 is 0. The zero-order valence-electron chi connectivity index (χ0n) is 13.4. The summed E-state index contributed by atoms with van der Waals surface area (Å²) in [6, 6.07) is 3.84. The molecule has 0 atom stereocenters. The van der Waals surface area contributed by atoms with Gasteiger partial charge in [-0.05, 0) is 44.5 Å². The molecule has 0 aromatic heterocycles. The molecule has 1 aromatic carbocycles. The summed E-state index contributed by atoms with van der Waals surface area (Å²) in [5, 5.41) is 11.4. The van der Waals surface area contributed by atoms with Crippen molar-refractivity contribution in [1.82, 2.24) is 5.32 Å². The van der Waals surface area contributed by atoms with Crippen molar-refractivity contribution >= 4 is 12.1 Å². The van der Waals surface area contributed by atoms with Crippen molar-refractivity contribution in [2.75, 3.05) is 6.54 Å². The Morgan fingerprint density at radius 2 is 2.04 bits per heavy atom. The lowest BCUT2D eigenvalue weighted by Gasteiger charge is -2.19. The highest BCUT2D eigenvalue weighted by Gasteiger charge is 2.15. The number of ether oxygens (including phenoxy) is 1. The first-order chi connectivity index (χ1) is 10.7. The summed E-state index contributed by atoms with van der Waals surface area (Å²) in [5.74, 6) is 4.06. The Balaban J connectivity index is 2.57. The lowest BCUT2D eigenvalue weighted by Crippen LogP contribution is -2.32. The molecule has 0 aliphatic rings. The van der Waals surface area contributed by atoms with Gasteiger partial charge in [0, 0.05) is 18.5 Å². The summed E-state index contributed by atoms with van der Waals surface area (Å²) in [6.07, 6.45) is -0.450. The van der Waals surface area contributed by atoms with Gasteiger partial charge in [0.15, 0.2) is 0 Å². The third-order valence-electron chi connectivity index (χ3n) is 2.55. The van der Waals surface area contributed by atoms with E-state index in [0.717, 1.165) is 6.07 Å². The molecule has 0 bridgehead atoms. The van der Waals surface area contributed by atoms with E-state index in [2.05, 4.69) is 17.2 Å². The van der Waals surface area contributed by atoms with Crippen LogP contribution in [-0.2, 0) is 16.0 Å². The molecule has 0 fully saturated rings. The molecule has 1 amide bonds. The minimum absolute atomic E-state index is 0.294. The molecule has 2 N–H and O–H groups in total. The minimum Gasteiger partial charge on any atom is -0.481 e. The van der Waals surface area contributed by atoms with E-state index in [-0.39, 0.29) is 6.42 Å². The molecule has 23 heavy (non-hydrogen) atoms. The van der Waals surface area contributed by atoms with Crippen LogP contribution in [0.5, 0.6) is 0 Å². The SMILES string of the molecule is CC(C)(C)OC(=O)NCCC#Cc1ccc(F)cc1CC(=O)O.